The zero-order chi connectivity index (χ0) is 14.2. The molecule has 3 aliphatic rings. The first-order valence-corrected chi connectivity index (χ1v) is 9.10. The molecule has 2 heteroatoms. The molecular formula is C18H34N2. The Hall–Kier alpha value is -0.0800. The normalized spacial score (nSPS) is 38.2. The van der Waals surface area contributed by atoms with Crippen molar-refractivity contribution in [3.05, 3.63) is 0 Å². The van der Waals surface area contributed by atoms with Crippen LogP contribution < -0.4 is 5.32 Å². The molecule has 1 N–H and O–H groups in total. The Bertz CT molecular complexity index is 330. The first kappa shape index (κ1) is 14.8. The van der Waals surface area contributed by atoms with Crippen LogP contribution in [0.3, 0.4) is 0 Å². The predicted molar refractivity (Wildman–Crippen MR) is 86.0 cm³/mol. The molecule has 3 rings (SSSR count). The van der Waals surface area contributed by atoms with E-state index < -0.39 is 0 Å². The highest BCUT2D eigenvalue weighted by Gasteiger charge is 2.47. The van der Waals surface area contributed by atoms with Crippen molar-refractivity contribution in [3.8, 4) is 0 Å². The monoisotopic (exact) mass is 278 g/mol. The summed E-state index contributed by atoms with van der Waals surface area (Å²) in [5.74, 6) is 0.948. The summed E-state index contributed by atoms with van der Waals surface area (Å²) in [5.41, 5.74) is 1.05. The Morgan fingerprint density at radius 1 is 1.15 bits per heavy atom. The van der Waals surface area contributed by atoms with Gasteiger partial charge in [0.25, 0.3) is 0 Å². The Labute approximate surface area is 125 Å². The van der Waals surface area contributed by atoms with Crippen LogP contribution in [-0.4, -0.2) is 36.1 Å². The molecule has 0 bridgehead atoms. The second-order valence-electron chi connectivity index (χ2n) is 8.10. The standard InChI is InChI=1S/C18H34N2/c1-4-16-12-19-17(3,15-8-9-15)13-20(16)14-18(5-2)10-6-7-11-18/h15-16,19H,4-14H2,1-3H3. The fourth-order valence-electron chi connectivity index (χ4n) is 4.85. The molecule has 0 amide bonds. The van der Waals surface area contributed by atoms with Crippen molar-refractivity contribution in [2.45, 2.75) is 83.7 Å². The predicted octanol–water partition coefficient (Wildman–Crippen LogP) is 3.81. The Balaban J connectivity index is 1.70. The minimum atomic E-state index is 0.402. The summed E-state index contributed by atoms with van der Waals surface area (Å²) in [7, 11) is 0. The smallest absolute Gasteiger partial charge is 0.0309 e. The first-order valence-electron chi connectivity index (χ1n) is 9.10. The highest BCUT2D eigenvalue weighted by Crippen LogP contribution is 2.45. The fraction of sp³-hybridized carbons (Fsp3) is 1.00. The van der Waals surface area contributed by atoms with Crippen molar-refractivity contribution in [3.63, 3.8) is 0 Å². The van der Waals surface area contributed by atoms with E-state index in [-0.39, 0.29) is 0 Å². The highest BCUT2D eigenvalue weighted by molar-refractivity contribution is 5.05. The maximum Gasteiger partial charge on any atom is 0.0309 e. The SMILES string of the molecule is CCC1CNC(C)(C2CC2)CN1CC1(CC)CCCC1. The van der Waals surface area contributed by atoms with Crippen molar-refractivity contribution in [2.75, 3.05) is 19.6 Å². The van der Waals surface area contributed by atoms with Crippen LogP contribution in [0.4, 0.5) is 0 Å². The van der Waals surface area contributed by atoms with Crippen LogP contribution in [0.5, 0.6) is 0 Å². The summed E-state index contributed by atoms with van der Waals surface area (Å²) < 4.78 is 0. The van der Waals surface area contributed by atoms with E-state index >= 15 is 0 Å². The molecule has 0 aromatic carbocycles. The third-order valence-corrected chi connectivity index (χ3v) is 6.69. The molecule has 0 aromatic rings. The van der Waals surface area contributed by atoms with E-state index in [1.807, 2.05) is 0 Å². The lowest BCUT2D eigenvalue weighted by atomic mass is 9.81. The van der Waals surface area contributed by atoms with Crippen molar-refractivity contribution in [1.29, 1.82) is 0 Å². The van der Waals surface area contributed by atoms with Crippen LogP contribution in [0.15, 0.2) is 0 Å². The molecule has 2 saturated carbocycles. The van der Waals surface area contributed by atoms with Crippen LogP contribution >= 0.6 is 0 Å². The third kappa shape index (κ3) is 2.78. The summed E-state index contributed by atoms with van der Waals surface area (Å²) >= 11 is 0. The number of hydrogen-bond acceptors (Lipinski definition) is 2. The van der Waals surface area contributed by atoms with E-state index in [1.165, 1.54) is 71.0 Å². The zero-order valence-corrected chi connectivity index (χ0v) is 13.9. The molecule has 1 saturated heterocycles. The zero-order valence-electron chi connectivity index (χ0n) is 13.9. The molecule has 20 heavy (non-hydrogen) atoms. The van der Waals surface area contributed by atoms with Crippen molar-refractivity contribution in [1.82, 2.24) is 10.2 Å². The topological polar surface area (TPSA) is 15.3 Å². The van der Waals surface area contributed by atoms with Gasteiger partial charge in [-0.05, 0) is 56.8 Å². The van der Waals surface area contributed by atoms with Crippen LogP contribution in [0.25, 0.3) is 0 Å². The summed E-state index contributed by atoms with van der Waals surface area (Å²) in [4.78, 5) is 2.88. The Morgan fingerprint density at radius 2 is 1.85 bits per heavy atom. The van der Waals surface area contributed by atoms with Gasteiger partial charge in [0.05, 0.1) is 0 Å². The summed E-state index contributed by atoms with van der Waals surface area (Å²) in [6.45, 7) is 11.1. The van der Waals surface area contributed by atoms with E-state index in [9.17, 15) is 0 Å². The average Bonchev–Trinajstić information content (AvgIpc) is 3.22. The lowest BCUT2D eigenvalue weighted by Gasteiger charge is -2.49. The molecule has 2 unspecified atom stereocenters. The van der Waals surface area contributed by atoms with Gasteiger partial charge >= 0.3 is 0 Å². The summed E-state index contributed by atoms with van der Waals surface area (Å²) in [6, 6.07) is 0.769. The van der Waals surface area contributed by atoms with E-state index in [4.69, 9.17) is 0 Å². The minimum absolute atomic E-state index is 0.402. The lowest BCUT2D eigenvalue weighted by molar-refractivity contribution is 0.0327. The highest BCUT2D eigenvalue weighted by atomic mass is 15.3. The number of piperazine rings is 1. The number of hydrogen-bond donors (Lipinski definition) is 1. The van der Waals surface area contributed by atoms with Crippen LogP contribution in [0.1, 0.15) is 72.1 Å². The van der Waals surface area contributed by atoms with E-state index in [0.717, 1.165) is 12.0 Å². The van der Waals surface area contributed by atoms with Gasteiger partial charge in [-0.25, -0.2) is 0 Å². The number of nitrogens with zero attached hydrogens (tertiary/aromatic N) is 1. The van der Waals surface area contributed by atoms with Gasteiger partial charge in [0.15, 0.2) is 0 Å². The second kappa shape index (κ2) is 5.61. The van der Waals surface area contributed by atoms with Gasteiger partial charge in [-0.1, -0.05) is 26.7 Å². The fourth-order valence-corrected chi connectivity index (χ4v) is 4.85. The van der Waals surface area contributed by atoms with Crippen LogP contribution in [0.2, 0.25) is 0 Å². The first-order chi connectivity index (χ1) is 9.61. The molecule has 2 atom stereocenters. The van der Waals surface area contributed by atoms with Gasteiger partial charge in [-0.2, -0.15) is 0 Å². The Kier molecular flexibility index (Phi) is 4.16. The lowest BCUT2D eigenvalue weighted by Crippen LogP contribution is -2.65. The molecule has 3 fully saturated rings. The summed E-state index contributed by atoms with van der Waals surface area (Å²) in [6.07, 6.45) is 11.5. The molecule has 1 aliphatic heterocycles. The molecule has 1 heterocycles. The average molecular weight is 278 g/mol. The van der Waals surface area contributed by atoms with E-state index in [0.29, 0.717) is 11.0 Å². The molecule has 0 aromatic heterocycles. The van der Waals surface area contributed by atoms with Crippen molar-refractivity contribution >= 4 is 0 Å². The molecule has 2 nitrogen and oxygen atoms in total. The van der Waals surface area contributed by atoms with E-state index in [2.05, 4.69) is 31.0 Å². The maximum absolute atomic E-state index is 3.90. The van der Waals surface area contributed by atoms with Gasteiger partial charge in [-0.15, -0.1) is 0 Å². The van der Waals surface area contributed by atoms with Gasteiger partial charge in [-0.3, -0.25) is 4.90 Å². The second-order valence-corrected chi connectivity index (χ2v) is 8.10. The molecule has 0 spiro atoms. The van der Waals surface area contributed by atoms with Gasteiger partial charge in [0.1, 0.15) is 0 Å². The van der Waals surface area contributed by atoms with Crippen molar-refractivity contribution in [2.24, 2.45) is 11.3 Å². The van der Waals surface area contributed by atoms with Crippen molar-refractivity contribution < 1.29 is 0 Å². The largest absolute Gasteiger partial charge is 0.308 e. The van der Waals surface area contributed by atoms with Gasteiger partial charge in [0, 0.05) is 31.2 Å². The minimum Gasteiger partial charge on any atom is -0.308 e. The molecule has 116 valence electrons. The molecular weight excluding hydrogens is 244 g/mol. The van der Waals surface area contributed by atoms with Gasteiger partial charge < -0.3 is 5.32 Å². The third-order valence-electron chi connectivity index (χ3n) is 6.69. The number of nitrogens with one attached hydrogen (secondary N) is 1. The molecule has 0 radical (unpaired) electrons. The van der Waals surface area contributed by atoms with Gasteiger partial charge in [0.2, 0.25) is 0 Å². The summed E-state index contributed by atoms with van der Waals surface area (Å²) in [5, 5.41) is 3.90. The molecule has 2 aliphatic carbocycles. The maximum atomic E-state index is 3.90. The quantitative estimate of drug-likeness (QED) is 0.822. The Morgan fingerprint density at radius 3 is 2.40 bits per heavy atom. The van der Waals surface area contributed by atoms with Crippen LogP contribution in [0, 0.1) is 11.3 Å². The van der Waals surface area contributed by atoms with Crippen LogP contribution in [-0.2, 0) is 0 Å². The number of rotatable bonds is 5. The van der Waals surface area contributed by atoms with E-state index in [1.54, 1.807) is 0 Å².